The number of aryl methyl sites for hydroxylation is 2. The summed E-state index contributed by atoms with van der Waals surface area (Å²) in [5.41, 5.74) is 5.42. The van der Waals surface area contributed by atoms with E-state index in [4.69, 9.17) is 10.1 Å². The number of aromatic nitrogens is 3. The van der Waals surface area contributed by atoms with Crippen LogP contribution in [0, 0.1) is 12.7 Å². The van der Waals surface area contributed by atoms with Gasteiger partial charge in [-0.3, -0.25) is 4.79 Å². The van der Waals surface area contributed by atoms with Crippen molar-refractivity contribution in [2.45, 2.75) is 32.7 Å². The highest BCUT2D eigenvalue weighted by Crippen LogP contribution is 2.33. The zero-order valence-corrected chi connectivity index (χ0v) is 23.5. The summed E-state index contributed by atoms with van der Waals surface area (Å²) in [4.78, 5) is 23.0. The topological polar surface area (TPSA) is 88.4 Å². The lowest BCUT2D eigenvalue weighted by atomic mass is 10.0. The van der Waals surface area contributed by atoms with Gasteiger partial charge in [-0.25, -0.2) is 22.5 Å². The summed E-state index contributed by atoms with van der Waals surface area (Å²) in [6.45, 7) is 6.26. The third kappa shape index (κ3) is 4.96. The monoisotopic (exact) mass is 561 g/mol. The summed E-state index contributed by atoms with van der Waals surface area (Å²) >= 11 is 0. The zero-order valence-electron chi connectivity index (χ0n) is 22.7. The van der Waals surface area contributed by atoms with Gasteiger partial charge < -0.3 is 9.80 Å². The van der Waals surface area contributed by atoms with Crippen molar-refractivity contribution >= 4 is 32.5 Å². The van der Waals surface area contributed by atoms with E-state index in [1.807, 2.05) is 30.0 Å². The second-order valence-electron chi connectivity index (χ2n) is 10.6. The number of halogens is 1. The molecule has 1 atom stereocenters. The molecular weight excluding hydrogens is 529 g/mol. The Balaban J connectivity index is 1.38. The third-order valence-corrected chi connectivity index (χ3v) is 9.79. The minimum Gasteiger partial charge on any atom is -0.368 e. The molecule has 6 rings (SSSR count). The van der Waals surface area contributed by atoms with Crippen molar-refractivity contribution in [1.82, 2.24) is 19.7 Å². The first-order valence-corrected chi connectivity index (χ1v) is 15.5. The molecule has 0 spiro atoms. The van der Waals surface area contributed by atoms with Gasteiger partial charge in [0, 0.05) is 37.4 Å². The molecule has 2 aliphatic heterocycles. The van der Waals surface area contributed by atoms with Gasteiger partial charge in [0.15, 0.2) is 15.5 Å². The number of pyridine rings is 1. The average molecular weight is 562 g/mol. The van der Waals surface area contributed by atoms with Crippen LogP contribution in [0.2, 0.25) is 0 Å². The zero-order chi connectivity index (χ0) is 28.0. The van der Waals surface area contributed by atoms with Crippen LogP contribution in [0.5, 0.6) is 0 Å². The molecule has 2 fully saturated rings. The van der Waals surface area contributed by atoms with E-state index in [0.717, 1.165) is 17.7 Å². The van der Waals surface area contributed by atoms with E-state index in [1.54, 1.807) is 16.8 Å². The number of carbonyl (C=O) groups excluding carboxylic acids is 1. The Hall–Kier alpha value is -3.79. The smallest absolute Gasteiger partial charge is 0.254 e. The molecule has 2 aromatic carbocycles. The molecular formula is C30H32FN5O3S. The van der Waals surface area contributed by atoms with Crippen LogP contribution in [-0.2, 0) is 16.3 Å². The Labute approximate surface area is 233 Å². The summed E-state index contributed by atoms with van der Waals surface area (Å²) in [5.74, 6) is -0.222. The molecule has 4 aromatic rings. The van der Waals surface area contributed by atoms with Gasteiger partial charge >= 0.3 is 0 Å². The SMILES string of the molecule is CCc1ccc(-c2cc(C(=O)N3CCN(c4ccc(F)cc4)CC3)c3c(C)nn(C4CCS(=O)(=O)C4)c3n2)cc1. The Morgan fingerprint density at radius 2 is 1.73 bits per heavy atom. The first kappa shape index (κ1) is 26.4. The van der Waals surface area contributed by atoms with Crippen LogP contribution in [0.25, 0.3) is 22.3 Å². The molecule has 40 heavy (non-hydrogen) atoms. The Morgan fingerprint density at radius 3 is 2.35 bits per heavy atom. The van der Waals surface area contributed by atoms with Crippen LogP contribution in [0.3, 0.4) is 0 Å². The molecule has 208 valence electrons. The number of sulfone groups is 1. The predicted molar refractivity (Wildman–Crippen MR) is 154 cm³/mol. The number of nitrogens with zero attached hydrogens (tertiary/aromatic N) is 5. The van der Waals surface area contributed by atoms with E-state index in [1.165, 1.54) is 17.7 Å². The van der Waals surface area contributed by atoms with E-state index in [-0.39, 0.29) is 29.3 Å². The number of carbonyl (C=O) groups is 1. The minimum absolute atomic E-state index is 0.0228. The lowest BCUT2D eigenvalue weighted by molar-refractivity contribution is 0.0748. The van der Waals surface area contributed by atoms with Crippen molar-refractivity contribution < 1.29 is 17.6 Å². The molecule has 10 heteroatoms. The highest BCUT2D eigenvalue weighted by Gasteiger charge is 2.33. The Bertz CT molecular complexity index is 1680. The molecule has 2 aromatic heterocycles. The number of hydrogen-bond acceptors (Lipinski definition) is 6. The van der Waals surface area contributed by atoms with Crippen molar-refractivity contribution in [3.63, 3.8) is 0 Å². The van der Waals surface area contributed by atoms with Crippen molar-refractivity contribution in [2.24, 2.45) is 0 Å². The maximum Gasteiger partial charge on any atom is 0.254 e. The Kier molecular flexibility index (Phi) is 6.82. The Morgan fingerprint density at radius 1 is 1.02 bits per heavy atom. The molecule has 2 aliphatic rings. The van der Waals surface area contributed by atoms with Crippen molar-refractivity contribution in [3.8, 4) is 11.3 Å². The standard InChI is InChI=1S/C30H32FN5O3S/c1-3-21-4-6-22(7-5-21)27-18-26(28-20(2)33-36(29(28)32-27)25-12-17-40(38,39)19-25)30(37)35-15-13-34(14-16-35)24-10-8-23(31)9-11-24/h4-11,18,25H,3,12-17,19H2,1-2H3. The van der Waals surface area contributed by atoms with Gasteiger partial charge in [0.05, 0.1) is 39.9 Å². The van der Waals surface area contributed by atoms with Crippen LogP contribution >= 0.6 is 0 Å². The second-order valence-corrected chi connectivity index (χ2v) is 12.9. The van der Waals surface area contributed by atoms with Crippen LogP contribution < -0.4 is 4.90 Å². The van der Waals surface area contributed by atoms with Gasteiger partial charge in [-0.1, -0.05) is 31.2 Å². The molecule has 0 radical (unpaired) electrons. The van der Waals surface area contributed by atoms with Gasteiger partial charge in [-0.2, -0.15) is 5.10 Å². The van der Waals surface area contributed by atoms with E-state index < -0.39 is 9.84 Å². The lowest BCUT2D eigenvalue weighted by Gasteiger charge is -2.36. The molecule has 1 unspecified atom stereocenters. The summed E-state index contributed by atoms with van der Waals surface area (Å²) in [7, 11) is -3.14. The summed E-state index contributed by atoms with van der Waals surface area (Å²) in [6.07, 6.45) is 1.40. The fraction of sp³-hybridized carbons (Fsp3) is 0.367. The minimum atomic E-state index is -3.14. The molecule has 0 N–H and O–H groups in total. The third-order valence-electron chi connectivity index (χ3n) is 8.04. The van der Waals surface area contributed by atoms with Crippen LogP contribution in [0.15, 0.2) is 54.6 Å². The molecule has 0 aliphatic carbocycles. The van der Waals surface area contributed by atoms with Crippen molar-refractivity contribution in [3.05, 3.63) is 77.2 Å². The molecule has 0 saturated carbocycles. The maximum atomic E-state index is 14.1. The molecule has 0 bridgehead atoms. The summed E-state index contributed by atoms with van der Waals surface area (Å²) in [6, 6.07) is 16.1. The van der Waals surface area contributed by atoms with E-state index in [9.17, 15) is 17.6 Å². The summed E-state index contributed by atoms with van der Waals surface area (Å²) in [5, 5.41) is 5.40. The maximum absolute atomic E-state index is 14.1. The number of amides is 1. The average Bonchev–Trinajstić information content (AvgIpc) is 3.51. The van der Waals surface area contributed by atoms with Crippen molar-refractivity contribution in [1.29, 1.82) is 0 Å². The first-order chi connectivity index (χ1) is 19.2. The number of piperazine rings is 1. The summed E-state index contributed by atoms with van der Waals surface area (Å²) < 4.78 is 39.7. The normalized spacial score (nSPS) is 18.9. The van der Waals surface area contributed by atoms with E-state index in [0.29, 0.717) is 60.6 Å². The predicted octanol–water partition coefficient (Wildman–Crippen LogP) is 4.43. The van der Waals surface area contributed by atoms with Gasteiger partial charge in [-0.15, -0.1) is 0 Å². The molecule has 8 nitrogen and oxygen atoms in total. The number of benzene rings is 2. The van der Waals surface area contributed by atoms with Crippen LogP contribution in [0.1, 0.15) is 41.0 Å². The van der Waals surface area contributed by atoms with Crippen LogP contribution in [0.4, 0.5) is 10.1 Å². The number of fused-ring (bicyclic) bond motifs is 1. The number of anilines is 1. The van der Waals surface area contributed by atoms with Gasteiger partial charge in [-0.05, 0) is 55.7 Å². The fourth-order valence-electron chi connectivity index (χ4n) is 5.75. The highest BCUT2D eigenvalue weighted by atomic mass is 32.2. The number of hydrogen-bond donors (Lipinski definition) is 0. The second kappa shape index (κ2) is 10.3. The largest absolute Gasteiger partial charge is 0.368 e. The van der Waals surface area contributed by atoms with Crippen molar-refractivity contribution in [2.75, 3.05) is 42.6 Å². The van der Waals surface area contributed by atoms with E-state index >= 15 is 0 Å². The first-order valence-electron chi connectivity index (χ1n) is 13.7. The molecule has 1 amide bonds. The molecule has 4 heterocycles. The highest BCUT2D eigenvalue weighted by molar-refractivity contribution is 7.91. The van der Waals surface area contributed by atoms with Crippen LogP contribution in [-0.4, -0.2) is 71.7 Å². The van der Waals surface area contributed by atoms with Gasteiger partial charge in [0.2, 0.25) is 0 Å². The fourth-order valence-corrected chi connectivity index (χ4v) is 7.45. The van der Waals surface area contributed by atoms with Gasteiger partial charge in [0.1, 0.15) is 5.82 Å². The van der Waals surface area contributed by atoms with Gasteiger partial charge in [0.25, 0.3) is 5.91 Å². The lowest BCUT2D eigenvalue weighted by Crippen LogP contribution is -2.48. The number of rotatable bonds is 5. The van der Waals surface area contributed by atoms with E-state index in [2.05, 4.69) is 24.0 Å². The quantitative estimate of drug-likeness (QED) is 0.358. The molecule has 2 saturated heterocycles.